The van der Waals surface area contributed by atoms with Crippen LogP contribution in [-0.2, 0) is 23.9 Å². The summed E-state index contributed by atoms with van der Waals surface area (Å²) in [5.74, 6) is -2.25. The first-order valence-corrected chi connectivity index (χ1v) is 12.1. The fraction of sp³-hybridized carbons (Fsp3) is 0.556. The van der Waals surface area contributed by atoms with Crippen LogP contribution in [0.3, 0.4) is 0 Å². The highest BCUT2D eigenvalue weighted by Crippen LogP contribution is 2.40. The van der Waals surface area contributed by atoms with Gasteiger partial charge in [0, 0.05) is 20.5 Å². The molecule has 1 N–H and O–H groups in total. The number of ketones is 1. The molecule has 13 heteroatoms. The van der Waals surface area contributed by atoms with Crippen molar-refractivity contribution in [2.75, 3.05) is 34.1 Å². The second kappa shape index (κ2) is 9.65. The van der Waals surface area contributed by atoms with Crippen molar-refractivity contribution in [3.8, 4) is 5.75 Å². The molecule has 1 aromatic heterocycles. The number of likely N-dealkylation sites (N-methyl/N-ethyl adjacent to an activating group) is 1. The molecule has 0 saturated carbocycles. The van der Waals surface area contributed by atoms with Gasteiger partial charge in [-0.2, -0.15) is 8.42 Å². The number of carbonyl (C=O) groups is 3. The molecule has 2 amide bonds. The molecule has 172 valence electrons. The molecule has 1 aromatic rings. The van der Waals surface area contributed by atoms with E-state index in [1.807, 2.05) is 0 Å². The summed E-state index contributed by atoms with van der Waals surface area (Å²) in [4.78, 5) is 51.1. The fourth-order valence-electron chi connectivity index (χ4n) is 3.36. The number of fused-ring (bicyclic) bond motifs is 1. The van der Waals surface area contributed by atoms with Gasteiger partial charge >= 0.3 is 11.8 Å². The number of nitrogens with one attached hydrogen (secondary N) is 1. The maximum Gasteiger partial charge on any atom is 0.311 e. The molecule has 0 aromatic carbocycles. The zero-order valence-corrected chi connectivity index (χ0v) is 20.7. The minimum absolute atomic E-state index is 0.0248. The summed E-state index contributed by atoms with van der Waals surface area (Å²) < 4.78 is 34.9. The predicted molar refractivity (Wildman–Crippen MR) is 119 cm³/mol. The molecule has 0 spiro atoms. The lowest BCUT2D eigenvalue weighted by Crippen LogP contribution is -2.41. The fourth-order valence-corrected chi connectivity index (χ4v) is 4.65. The van der Waals surface area contributed by atoms with E-state index in [4.69, 9.17) is 8.92 Å². The Morgan fingerprint density at radius 1 is 1.29 bits per heavy atom. The number of nitrogens with zero attached hydrogens (tertiary/aromatic N) is 2. The normalized spacial score (nSPS) is 17.7. The zero-order chi connectivity index (χ0) is 23.7. The number of aromatic nitrogens is 1. The standard InChI is InChI=1S/C18H24IN3O8S/c1-6-11(23)14-16(29-4)15(24)12(19)13-10(20-17(25)18(26)21(2)3)7-9(22(13)14)8-30-31(5,27)28/h9-10H,6-8H2,1-5H3,(H,20,25)/t9-,10?/m0/s1. The Labute approximate surface area is 193 Å². The Kier molecular flexibility index (Phi) is 7.86. The first-order chi connectivity index (χ1) is 14.3. The third-order valence-corrected chi connectivity index (χ3v) is 6.33. The average molecular weight is 569 g/mol. The number of carbonyl (C=O) groups excluding carboxylic acids is 3. The van der Waals surface area contributed by atoms with Gasteiger partial charge in [0.25, 0.3) is 10.1 Å². The highest BCUT2D eigenvalue weighted by atomic mass is 127. The van der Waals surface area contributed by atoms with Gasteiger partial charge in [-0.3, -0.25) is 23.4 Å². The molecule has 0 fully saturated rings. The minimum Gasteiger partial charge on any atom is -0.491 e. The summed E-state index contributed by atoms with van der Waals surface area (Å²) >= 11 is 1.79. The molecule has 0 aliphatic carbocycles. The van der Waals surface area contributed by atoms with Crippen LogP contribution in [0, 0.1) is 3.57 Å². The van der Waals surface area contributed by atoms with Crippen molar-refractivity contribution < 1.29 is 31.7 Å². The summed E-state index contributed by atoms with van der Waals surface area (Å²) in [5.41, 5.74) is -0.262. The lowest BCUT2D eigenvalue weighted by molar-refractivity contribution is -0.144. The highest BCUT2D eigenvalue weighted by molar-refractivity contribution is 14.1. The lowest BCUT2D eigenvalue weighted by atomic mass is 10.1. The van der Waals surface area contributed by atoms with Gasteiger partial charge in [-0.15, -0.1) is 0 Å². The summed E-state index contributed by atoms with van der Waals surface area (Å²) in [5, 5.41) is 2.58. The predicted octanol–water partition coefficient (Wildman–Crippen LogP) is 0.221. The van der Waals surface area contributed by atoms with Gasteiger partial charge in [-0.1, -0.05) is 6.92 Å². The number of hydrogen-bond donors (Lipinski definition) is 1. The van der Waals surface area contributed by atoms with E-state index < -0.39 is 45.2 Å². The molecule has 0 radical (unpaired) electrons. The van der Waals surface area contributed by atoms with Gasteiger partial charge in [-0.05, 0) is 29.0 Å². The van der Waals surface area contributed by atoms with Crippen LogP contribution < -0.4 is 15.5 Å². The quantitative estimate of drug-likeness (QED) is 0.213. The topological polar surface area (TPSA) is 141 Å². The van der Waals surface area contributed by atoms with Crippen LogP contribution >= 0.6 is 22.6 Å². The molecular weight excluding hydrogens is 545 g/mol. The summed E-state index contributed by atoms with van der Waals surface area (Å²) in [6.07, 6.45) is 1.06. The number of pyridine rings is 1. The summed E-state index contributed by atoms with van der Waals surface area (Å²) in [6.45, 7) is 1.29. The monoisotopic (exact) mass is 569 g/mol. The molecule has 0 bridgehead atoms. The number of hydrogen-bond acceptors (Lipinski definition) is 8. The Morgan fingerprint density at radius 3 is 2.39 bits per heavy atom. The average Bonchev–Trinajstić information content (AvgIpc) is 3.04. The molecular formula is C18H24IN3O8S. The lowest BCUT2D eigenvalue weighted by Gasteiger charge is -2.22. The second-order valence-electron chi connectivity index (χ2n) is 7.16. The van der Waals surface area contributed by atoms with E-state index in [1.165, 1.54) is 25.8 Å². The highest BCUT2D eigenvalue weighted by Gasteiger charge is 2.40. The van der Waals surface area contributed by atoms with Crippen LogP contribution in [0.4, 0.5) is 0 Å². The van der Waals surface area contributed by atoms with E-state index in [2.05, 4.69) is 5.32 Å². The van der Waals surface area contributed by atoms with Crippen LogP contribution in [0.2, 0.25) is 0 Å². The third kappa shape index (κ3) is 5.26. The zero-order valence-electron chi connectivity index (χ0n) is 17.7. The van der Waals surface area contributed by atoms with Crippen molar-refractivity contribution >= 4 is 50.3 Å². The number of rotatable bonds is 7. The van der Waals surface area contributed by atoms with E-state index in [1.54, 1.807) is 29.5 Å². The van der Waals surface area contributed by atoms with Crippen molar-refractivity contribution in [1.82, 2.24) is 14.8 Å². The van der Waals surface area contributed by atoms with E-state index in [9.17, 15) is 27.6 Å². The van der Waals surface area contributed by atoms with Crippen LogP contribution in [0.25, 0.3) is 0 Å². The molecule has 1 aliphatic heterocycles. The Bertz CT molecular complexity index is 1080. The van der Waals surface area contributed by atoms with Crippen molar-refractivity contribution in [3.05, 3.63) is 25.2 Å². The molecule has 2 heterocycles. The second-order valence-corrected chi connectivity index (χ2v) is 9.88. The Hall–Kier alpha value is -2.00. The molecule has 2 rings (SSSR count). The van der Waals surface area contributed by atoms with Crippen LogP contribution in [0.1, 0.15) is 48.0 Å². The summed E-state index contributed by atoms with van der Waals surface area (Å²) in [6, 6.07) is -1.53. The van der Waals surface area contributed by atoms with Crippen LogP contribution in [0.5, 0.6) is 5.75 Å². The number of Topliss-reactive ketones (excluding diaryl/α,β-unsaturated/α-hetero) is 1. The number of methoxy groups -OCH3 is 1. The molecule has 11 nitrogen and oxygen atoms in total. The summed E-state index contributed by atoms with van der Waals surface area (Å²) in [7, 11) is 0.311. The van der Waals surface area contributed by atoms with E-state index in [0.717, 1.165) is 11.2 Å². The van der Waals surface area contributed by atoms with E-state index in [0.29, 0.717) is 5.69 Å². The SMILES string of the molecule is CCC(=O)c1c(OC)c(=O)c(I)c2n1[C@H](COS(C)(=O)=O)CC2NC(=O)C(=O)N(C)C. The maximum atomic E-state index is 12.9. The van der Waals surface area contributed by atoms with Gasteiger partial charge in [0.2, 0.25) is 5.43 Å². The molecule has 2 atom stereocenters. The number of halogens is 1. The van der Waals surface area contributed by atoms with Gasteiger partial charge < -0.3 is 19.5 Å². The molecule has 31 heavy (non-hydrogen) atoms. The minimum atomic E-state index is -3.79. The van der Waals surface area contributed by atoms with Crippen molar-refractivity contribution in [1.29, 1.82) is 0 Å². The van der Waals surface area contributed by atoms with E-state index in [-0.39, 0.29) is 34.5 Å². The van der Waals surface area contributed by atoms with Gasteiger partial charge in [0.15, 0.2) is 11.5 Å². The van der Waals surface area contributed by atoms with Gasteiger partial charge in [0.05, 0.1) is 41.3 Å². The smallest absolute Gasteiger partial charge is 0.311 e. The maximum absolute atomic E-state index is 12.9. The van der Waals surface area contributed by atoms with Crippen LogP contribution in [-0.4, -0.2) is 69.6 Å². The Balaban J connectivity index is 2.69. The van der Waals surface area contributed by atoms with Crippen molar-refractivity contribution in [2.45, 2.75) is 31.8 Å². The van der Waals surface area contributed by atoms with Gasteiger partial charge in [0.1, 0.15) is 5.69 Å². The van der Waals surface area contributed by atoms with E-state index >= 15 is 0 Å². The molecule has 1 unspecified atom stereocenters. The van der Waals surface area contributed by atoms with Crippen LogP contribution in [0.15, 0.2) is 4.79 Å². The first kappa shape index (κ1) is 25.3. The third-order valence-electron chi connectivity index (χ3n) is 4.72. The van der Waals surface area contributed by atoms with Crippen molar-refractivity contribution in [2.24, 2.45) is 0 Å². The molecule has 0 saturated heterocycles. The number of amides is 2. The first-order valence-electron chi connectivity index (χ1n) is 9.25. The largest absolute Gasteiger partial charge is 0.491 e. The Morgan fingerprint density at radius 2 is 1.90 bits per heavy atom. The van der Waals surface area contributed by atoms with Gasteiger partial charge in [-0.25, -0.2) is 0 Å². The number of ether oxygens (including phenoxy) is 1. The van der Waals surface area contributed by atoms with Crippen molar-refractivity contribution in [3.63, 3.8) is 0 Å². The molecule has 1 aliphatic rings.